The van der Waals surface area contributed by atoms with E-state index in [2.05, 4.69) is 60.5 Å². The van der Waals surface area contributed by atoms with Crippen molar-refractivity contribution in [1.82, 2.24) is 9.97 Å². The molecular formula is C28H40BClFN5O4Si. The second kappa shape index (κ2) is 12.5. The summed E-state index contributed by atoms with van der Waals surface area (Å²) in [6.07, 6.45) is 2.08. The Labute approximate surface area is 248 Å². The number of rotatable bonds is 8. The zero-order chi connectivity index (χ0) is 30.0. The maximum absolute atomic E-state index is 15.8. The van der Waals surface area contributed by atoms with Gasteiger partial charge in [-0.15, -0.1) is 0 Å². The van der Waals surface area contributed by atoms with Gasteiger partial charge in [-0.3, -0.25) is 0 Å². The lowest BCUT2D eigenvalue weighted by atomic mass is 9.73. The molecule has 2 aromatic rings. The fourth-order valence-corrected chi connectivity index (χ4v) is 5.43. The summed E-state index contributed by atoms with van der Waals surface area (Å²) in [6.45, 7) is 16.9. The van der Waals surface area contributed by atoms with Gasteiger partial charge < -0.3 is 29.1 Å². The van der Waals surface area contributed by atoms with E-state index >= 15 is 4.39 Å². The van der Waals surface area contributed by atoms with Gasteiger partial charge in [-0.25, -0.2) is 9.37 Å². The van der Waals surface area contributed by atoms with E-state index in [1.54, 1.807) is 0 Å². The van der Waals surface area contributed by atoms with E-state index < -0.39 is 21.3 Å². The highest BCUT2D eigenvalue weighted by atomic mass is 35.5. The Bertz CT molecular complexity index is 1280. The van der Waals surface area contributed by atoms with E-state index in [0.29, 0.717) is 60.4 Å². The van der Waals surface area contributed by atoms with Gasteiger partial charge in [-0.05, 0) is 42.2 Å². The minimum atomic E-state index is -2.14. The van der Waals surface area contributed by atoms with Gasteiger partial charge in [0.25, 0.3) is 0 Å². The molecule has 2 aliphatic heterocycles. The molecule has 2 unspecified atom stereocenters. The number of hydrogen-bond acceptors (Lipinski definition) is 9. The molecule has 0 spiro atoms. The monoisotopic (exact) mass is 603 g/mol. The largest absolute Gasteiger partial charge is 0.497 e. The van der Waals surface area contributed by atoms with Crippen LogP contribution in [0.1, 0.15) is 46.6 Å². The van der Waals surface area contributed by atoms with Gasteiger partial charge in [0.05, 0.1) is 37.4 Å². The summed E-state index contributed by atoms with van der Waals surface area (Å²) >= 11 is 6.37. The quantitative estimate of drug-likeness (QED) is 0.370. The van der Waals surface area contributed by atoms with E-state index in [9.17, 15) is 5.26 Å². The Hall–Kier alpha value is -2.27. The van der Waals surface area contributed by atoms with Gasteiger partial charge in [0, 0.05) is 36.4 Å². The van der Waals surface area contributed by atoms with Crippen molar-refractivity contribution in [3.05, 3.63) is 34.7 Å². The predicted octanol–water partition coefficient (Wildman–Crippen LogP) is 5.64. The zero-order valence-corrected chi connectivity index (χ0v) is 26.7. The van der Waals surface area contributed by atoms with Crippen LogP contribution in [0.25, 0.3) is 0 Å². The lowest BCUT2D eigenvalue weighted by Crippen LogP contribution is -2.50. The fourth-order valence-electron chi connectivity index (χ4n) is 4.33. The number of benzene rings is 1. The van der Waals surface area contributed by atoms with E-state index in [0.717, 1.165) is 0 Å². The minimum Gasteiger partial charge on any atom is -0.413 e. The molecule has 2 saturated heterocycles. The summed E-state index contributed by atoms with van der Waals surface area (Å²) < 4.78 is 39.8. The van der Waals surface area contributed by atoms with Crippen molar-refractivity contribution in [3.63, 3.8) is 0 Å². The average molecular weight is 604 g/mol. The number of halogens is 2. The van der Waals surface area contributed by atoms with Crippen molar-refractivity contribution in [2.45, 2.75) is 71.8 Å². The summed E-state index contributed by atoms with van der Waals surface area (Å²) in [5.41, 5.74) is 1.26. The molecule has 222 valence electrons. The van der Waals surface area contributed by atoms with Crippen LogP contribution in [0.5, 0.6) is 0 Å². The number of ether oxygens (including phenoxy) is 1. The molecule has 2 atom stereocenters. The molecule has 0 bridgehead atoms. The number of anilines is 3. The van der Waals surface area contributed by atoms with Gasteiger partial charge in [-0.2, -0.15) is 10.2 Å². The van der Waals surface area contributed by atoms with Crippen molar-refractivity contribution < 1.29 is 22.9 Å². The Kier molecular flexibility index (Phi) is 9.68. The van der Waals surface area contributed by atoms with Gasteiger partial charge in [0.1, 0.15) is 10.8 Å². The van der Waals surface area contributed by atoms with Crippen molar-refractivity contribution in [2.24, 2.45) is 11.3 Å². The Morgan fingerprint density at radius 3 is 2.63 bits per heavy atom. The smallest absolute Gasteiger partial charge is 0.413 e. The predicted molar refractivity (Wildman–Crippen MR) is 162 cm³/mol. The van der Waals surface area contributed by atoms with Crippen LogP contribution in [-0.2, 0) is 25.1 Å². The number of hydrogen-bond donors (Lipinski definition) is 2. The van der Waals surface area contributed by atoms with E-state index in [4.69, 9.17) is 30.1 Å². The lowest BCUT2D eigenvalue weighted by Gasteiger charge is -2.37. The molecule has 0 saturated carbocycles. The first-order valence-corrected chi connectivity index (χ1v) is 17.2. The molecule has 1 aromatic carbocycles. The SMILES string of the molecule is CC1(C)COB(c2c(F)cc(Nc3ncc(Cl)c(NC4COCCC4C#N)n3)cc2CO[Si](C)(C)C(C)(C)C)OC1. The van der Waals surface area contributed by atoms with Crippen molar-refractivity contribution >= 4 is 50.0 Å². The van der Waals surface area contributed by atoms with Crippen molar-refractivity contribution in [3.8, 4) is 6.07 Å². The van der Waals surface area contributed by atoms with Crippen LogP contribution >= 0.6 is 11.6 Å². The van der Waals surface area contributed by atoms with Crippen molar-refractivity contribution in [2.75, 3.05) is 37.1 Å². The van der Waals surface area contributed by atoms with Crippen LogP contribution in [-0.4, -0.2) is 57.9 Å². The summed E-state index contributed by atoms with van der Waals surface area (Å²) in [4.78, 5) is 8.79. The summed E-state index contributed by atoms with van der Waals surface area (Å²) in [7, 11) is -2.97. The van der Waals surface area contributed by atoms with Gasteiger partial charge in [-0.1, -0.05) is 46.2 Å². The van der Waals surface area contributed by atoms with Crippen LogP contribution < -0.4 is 16.1 Å². The Balaban J connectivity index is 1.61. The molecule has 3 heterocycles. The number of nitrogens with zero attached hydrogens (tertiary/aromatic N) is 3. The molecule has 0 amide bonds. The Morgan fingerprint density at radius 2 is 1.98 bits per heavy atom. The third-order valence-corrected chi connectivity index (χ3v) is 12.7. The first-order chi connectivity index (χ1) is 19.2. The van der Waals surface area contributed by atoms with E-state index in [1.165, 1.54) is 12.3 Å². The summed E-state index contributed by atoms with van der Waals surface area (Å²) in [5, 5.41) is 16.1. The maximum atomic E-state index is 15.8. The first kappa shape index (κ1) is 31.7. The minimum absolute atomic E-state index is 0.0160. The second-order valence-electron chi connectivity index (χ2n) is 13.1. The second-order valence-corrected chi connectivity index (χ2v) is 18.3. The maximum Gasteiger partial charge on any atom is 0.497 e. The van der Waals surface area contributed by atoms with Crippen LogP contribution in [0.2, 0.25) is 23.2 Å². The molecule has 41 heavy (non-hydrogen) atoms. The van der Waals surface area contributed by atoms with Crippen LogP contribution in [0.3, 0.4) is 0 Å². The third kappa shape index (κ3) is 7.77. The molecule has 13 heteroatoms. The first-order valence-electron chi connectivity index (χ1n) is 13.9. The molecule has 0 radical (unpaired) electrons. The highest BCUT2D eigenvalue weighted by molar-refractivity contribution is 6.74. The average Bonchev–Trinajstić information content (AvgIpc) is 2.89. The summed E-state index contributed by atoms with van der Waals surface area (Å²) in [5.74, 6) is -0.120. The van der Waals surface area contributed by atoms with Crippen LogP contribution in [0.15, 0.2) is 18.3 Å². The van der Waals surface area contributed by atoms with Crippen molar-refractivity contribution in [1.29, 1.82) is 5.26 Å². The van der Waals surface area contributed by atoms with Gasteiger partial charge >= 0.3 is 7.12 Å². The van der Waals surface area contributed by atoms with Gasteiger partial charge in [0.2, 0.25) is 5.95 Å². The molecule has 2 N–H and O–H groups in total. The molecule has 1 aromatic heterocycles. The topological polar surface area (TPSA) is 111 Å². The number of nitriles is 1. The number of aromatic nitrogens is 2. The summed E-state index contributed by atoms with van der Waals surface area (Å²) in [6, 6.07) is 5.26. The van der Waals surface area contributed by atoms with Crippen LogP contribution in [0.4, 0.5) is 21.8 Å². The fraction of sp³-hybridized carbons (Fsp3) is 0.607. The normalized spacial score (nSPS) is 21.3. The molecule has 2 fully saturated rings. The Morgan fingerprint density at radius 1 is 1.27 bits per heavy atom. The highest BCUT2D eigenvalue weighted by Crippen LogP contribution is 2.37. The lowest BCUT2D eigenvalue weighted by molar-refractivity contribution is 0.0339. The zero-order valence-electron chi connectivity index (χ0n) is 24.9. The third-order valence-electron chi connectivity index (χ3n) is 7.94. The molecule has 4 rings (SSSR count). The standard InChI is InChI=1S/C28H40BClFN5O4Si/c1-27(2,3)41(6,7)40-14-19-10-20(11-22(31)24(19)29-38-16-28(4,5)17-39-29)34-26-33-13-21(30)25(36-26)35-23-15-37-9-8-18(23)12-32/h10-11,13,18,23H,8-9,14-17H2,1-7H3,(H2,33,34,35,36). The van der Waals surface area contributed by atoms with Crippen LogP contribution in [0, 0.1) is 28.5 Å². The van der Waals surface area contributed by atoms with E-state index in [-0.39, 0.29) is 35.0 Å². The molecule has 9 nitrogen and oxygen atoms in total. The van der Waals surface area contributed by atoms with Gasteiger partial charge in [0.15, 0.2) is 14.1 Å². The molecule has 0 aliphatic carbocycles. The molecular weight excluding hydrogens is 564 g/mol. The highest BCUT2D eigenvalue weighted by Gasteiger charge is 2.40. The molecule has 2 aliphatic rings. The van der Waals surface area contributed by atoms with E-state index in [1.807, 2.05) is 19.9 Å². The number of nitrogens with one attached hydrogen (secondary N) is 2.